The molecule has 9 unspecified atom stereocenters. The van der Waals surface area contributed by atoms with Gasteiger partial charge in [-0.1, -0.05) is 0 Å². The van der Waals surface area contributed by atoms with E-state index in [4.69, 9.17) is 18.9 Å². The lowest BCUT2D eigenvalue weighted by molar-refractivity contribution is -0.861. The van der Waals surface area contributed by atoms with E-state index < -0.39 is 48.8 Å². The molecule has 7 N–H and O–H groups in total. The second kappa shape index (κ2) is 13.2. The van der Waals surface area contributed by atoms with Crippen molar-refractivity contribution in [3.63, 3.8) is 0 Å². The summed E-state index contributed by atoms with van der Waals surface area (Å²) in [5.41, 5.74) is -1.67. The fourth-order valence-corrected chi connectivity index (χ4v) is 6.87. The van der Waals surface area contributed by atoms with Gasteiger partial charge in [0.05, 0.1) is 18.2 Å². The number of rotatable bonds is 13. The highest BCUT2D eigenvalue weighted by Crippen LogP contribution is 2.40. The number of hydrogen-bond donors (Lipinski definition) is 7. The van der Waals surface area contributed by atoms with Crippen molar-refractivity contribution < 1.29 is 54.2 Å². The summed E-state index contributed by atoms with van der Waals surface area (Å²) in [6.07, 6.45) is 2.58. The third-order valence-corrected chi connectivity index (χ3v) is 9.80. The lowest BCUT2D eigenvalue weighted by Gasteiger charge is -2.42. The number of carbonyl (C=O) groups excluding carboxylic acids is 1. The van der Waals surface area contributed by atoms with E-state index in [0.717, 1.165) is 5.71 Å². The number of nitrogens with one attached hydrogen (secondary N) is 2. The molecule has 14 heteroatoms. The summed E-state index contributed by atoms with van der Waals surface area (Å²) in [6, 6.07) is 4.57. The Morgan fingerprint density at radius 3 is 2.77 bits per heavy atom. The Hall–Kier alpha value is -3.47. The van der Waals surface area contributed by atoms with Crippen LogP contribution in [0.3, 0.4) is 0 Å². The van der Waals surface area contributed by atoms with Gasteiger partial charge in [-0.05, 0) is 50.3 Å². The van der Waals surface area contributed by atoms with Crippen molar-refractivity contribution >= 4 is 22.6 Å². The van der Waals surface area contributed by atoms with Gasteiger partial charge in [-0.15, -0.1) is 0 Å². The van der Waals surface area contributed by atoms with Crippen LogP contribution < -0.4 is 20.4 Å². The molecule has 1 aromatic carbocycles. The molecular weight excluding hydrogens is 614 g/mol. The quantitative estimate of drug-likeness (QED) is 0.0985. The van der Waals surface area contributed by atoms with Gasteiger partial charge in [0.25, 0.3) is 0 Å². The van der Waals surface area contributed by atoms with Gasteiger partial charge in [0, 0.05) is 43.8 Å². The number of carbonyl (C=O) groups is 1. The number of hydrogen-bond acceptors (Lipinski definition) is 12. The van der Waals surface area contributed by atoms with Crippen LogP contribution in [-0.2, 0) is 21.0 Å². The number of aliphatic imine (C=N–C) groups is 1. The van der Waals surface area contributed by atoms with Crippen LogP contribution in [0.15, 0.2) is 57.0 Å². The molecule has 1 amide bonds. The first-order valence-electron chi connectivity index (χ1n) is 15.9. The summed E-state index contributed by atoms with van der Waals surface area (Å²) in [6.45, 7) is 2.42. The highest BCUT2D eigenvalue weighted by atomic mass is 17.2. The van der Waals surface area contributed by atoms with Gasteiger partial charge in [-0.2, -0.15) is 0 Å². The zero-order valence-electron chi connectivity index (χ0n) is 26.3. The summed E-state index contributed by atoms with van der Waals surface area (Å²) >= 11 is 0. The highest BCUT2D eigenvalue weighted by Gasteiger charge is 2.51. The number of aryl methyl sites for hydroxylation is 1. The molecule has 47 heavy (non-hydrogen) atoms. The average molecular weight is 657 g/mol. The lowest BCUT2D eigenvalue weighted by Crippen LogP contribution is -3.13. The van der Waals surface area contributed by atoms with Gasteiger partial charge in [-0.25, -0.2) is 9.78 Å². The van der Waals surface area contributed by atoms with Crippen LogP contribution in [0.25, 0.3) is 11.0 Å². The number of amides is 1. The summed E-state index contributed by atoms with van der Waals surface area (Å²) in [5, 5.41) is 56.8. The Bertz CT molecular complexity index is 1660. The molecular formula is C33H42N3O11+. The van der Waals surface area contributed by atoms with Gasteiger partial charge in [-0.3, -0.25) is 19.5 Å². The van der Waals surface area contributed by atoms with E-state index in [0.29, 0.717) is 58.7 Å². The minimum absolute atomic E-state index is 0.00300. The molecule has 14 nitrogen and oxygen atoms in total. The zero-order chi connectivity index (χ0) is 33.5. The van der Waals surface area contributed by atoms with E-state index in [1.807, 2.05) is 13.0 Å². The van der Waals surface area contributed by atoms with Crippen molar-refractivity contribution in [1.29, 1.82) is 0 Å². The van der Waals surface area contributed by atoms with Crippen LogP contribution in [0.2, 0.25) is 0 Å². The van der Waals surface area contributed by atoms with Crippen molar-refractivity contribution in [3.05, 3.63) is 64.3 Å². The number of aliphatic hydroxyl groups is 5. The minimum atomic E-state index is -2.33. The Labute approximate surface area is 270 Å². The number of fused-ring (bicyclic) bond motifs is 3. The van der Waals surface area contributed by atoms with Gasteiger partial charge in [0.1, 0.15) is 66.0 Å². The number of benzene rings is 1. The smallest absolute Gasteiger partial charge is 0.220 e. The maximum Gasteiger partial charge on any atom is 0.220 e. The van der Waals surface area contributed by atoms with Crippen molar-refractivity contribution in [2.75, 3.05) is 26.3 Å². The predicted molar refractivity (Wildman–Crippen MR) is 167 cm³/mol. The first-order valence-corrected chi connectivity index (χ1v) is 15.9. The van der Waals surface area contributed by atoms with Gasteiger partial charge < -0.3 is 40.0 Å². The largest absolute Gasteiger partial charge is 0.484 e. The number of ether oxygens (including phenoxy) is 1. The van der Waals surface area contributed by atoms with Crippen LogP contribution in [0.4, 0.5) is 0 Å². The van der Waals surface area contributed by atoms with Crippen LogP contribution in [-0.4, -0.2) is 105 Å². The van der Waals surface area contributed by atoms with Crippen molar-refractivity contribution in [2.24, 2.45) is 10.9 Å². The summed E-state index contributed by atoms with van der Waals surface area (Å²) in [7, 11) is 0. The summed E-state index contributed by atoms with van der Waals surface area (Å²) in [4.78, 5) is 40.9. The standard InChI is InChI=1S/C33H41N3O11/c1-18-9-24(38)21-11-20-12-29(32(2,46-26(20)13-27(21)45-18)6-3-19-10-30(41)35-14-19)47-44-16-28(40)33(43,31(42)25(39)15-37)17-36-8-5-22-23(36)4-7-34-22/h4-5,7-9,11,13,19,23,25,28-29,31,37,39-40,42-43H,3,6,10,12,14-17H2,1-2H3,(H,35,41)/p+1. The number of nitrogens with zero attached hydrogens (tertiary/aromatic N) is 1. The summed E-state index contributed by atoms with van der Waals surface area (Å²) in [5.74, 6) is 1.11. The van der Waals surface area contributed by atoms with E-state index >= 15 is 0 Å². The molecule has 0 radical (unpaired) electrons. The fraction of sp³-hybridized carbons (Fsp3) is 0.545. The van der Waals surface area contributed by atoms with E-state index in [1.54, 1.807) is 37.5 Å². The van der Waals surface area contributed by atoms with Crippen LogP contribution >= 0.6 is 0 Å². The molecule has 4 aliphatic heterocycles. The van der Waals surface area contributed by atoms with E-state index in [2.05, 4.69) is 10.3 Å². The first kappa shape index (κ1) is 33.4. The monoisotopic (exact) mass is 656 g/mol. The molecule has 9 atom stereocenters. The second-order valence-corrected chi connectivity index (χ2v) is 13.2. The minimum Gasteiger partial charge on any atom is -0.484 e. The molecule has 2 aromatic rings. The molecule has 0 saturated carbocycles. The molecule has 1 saturated heterocycles. The third kappa shape index (κ3) is 6.65. The number of aliphatic hydroxyl groups excluding tert-OH is 4. The van der Waals surface area contributed by atoms with Crippen LogP contribution in [0.1, 0.15) is 37.5 Å². The SMILES string of the molecule is Cc1cc(=O)c2cc3c(cc2o1)OC(C)(CCC1CNC(=O)C1)C(OOCC(O)C(O)(C[NH+]1C=CC2=NC=CC21)C(O)C(O)CO)C3. The Kier molecular flexibility index (Phi) is 9.39. The fourth-order valence-electron chi connectivity index (χ4n) is 6.87. The third-order valence-electron chi connectivity index (χ3n) is 9.80. The molecule has 4 aliphatic rings. The molecule has 1 aromatic heterocycles. The lowest BCUT2D eigenvalue weighted by atomic mass is 9.83. The Morgan fingerprint density at radius 1 is 1.21 bits per heavy atom. The molecule has 5 heterocycles. The Balaban J connectivity index is 1.20. The molecule has 1 fully saturated rings. The molecule has 254 valence electrons. The Morgan fingerprint density at radius 2 is 2.02 bits per heavy atom. The van der Waals surface area contributed by atoms with Gasteiger partial charge >= 0.3 is 0 Å². The summed E-state index contributed by atoms with van der Waals surface area (Å²) < 4.78 is 12.3. The average Bonchev–Trinajstić information content (AvgIpc) is 3.77. The normalized spacial score (nSPS) is 29.5. The molecule has 6 rings (SSSR count). The van der Waals surface area contributed by atoms with Gasteiger partial charge in [0.2, 0.25) is 5.91 Å². The predicted octanol–water partition coefficient (Wildman–Crippen LogP) is -1.42. The van der Waals surface area contributed by atoms with Crippen LogP contribution in [0, 0.1) is 12.8 Å². The maximum absolute atomic E-state index is 12.7. The van der Waals surface area contributed by atoms with E-state index in [9.17, 15) is 35.1 Å². The van der Waals surface area contributed by atoms with E-state index in [-0.39, 0.29) is 36.3 Å². The molecule has 0 bridgehead atoms. The second-order valence-electron chi connectivity index (χ2n) is 13.2. The van der Waals surface area contributed by atoms with E-state index in [1.165, 1.54) is 6.07 Å². The number of quaternary nitrogens is 1. The topological polar surface area (TPSA) is 205 Å². The van der Waals surface area contributed by atoms with Gasteiger partial charge in [0.15, 0.2) is 17.1 Å². The maximum atomic E-state index is 12.7. The van der Waals surface area contributed by atoms with Crippen molar-refractivity contribution in [2.45, 2.75) is 81.2 Å². The first-order chi connectivity index (χ1) is 22.4. The van der Waals surface area contributed by atoms with Crippen molar-refractivity contribution in [1.82, 2.24) is 5.32 Å². The van der Waals surface area contributed by atoms with Crippen molar-refractivity contribution in [3.8, 4) is 5.75 Å². The zero-order valence-corrected chi connectivity index (χ0v) is 26.3. The highest BCUT2D eigenvalue weighted by molar-refractivity contribution is 6.02. The molecule has 0 spiro atoms. The molecule has 0 aliphatic carbocycles. The van der Waals surface area contributed by atoms with Crippen LogP contribution in [0.5, 0.6) is 5.75 Å².